The number of carbonyl (C=O) groups excluding carboxylic acids is 1. The van der Waals surface area contributed by atoms with E-state index in [2.05, 4.69) is 4.98 Å². The molecule has 2 N–H and O–H groups in total. The highest BCUT2D eigenvalue weighted by molar-refractivity contribution is 5.90. The van der Waals surface area contributed by atoms with E-state index in [1.165, 1.54) is 0 Å². The third-order valence-electron chi connectivity index (χ3n) is 4.10. The minimum atomic E-state index is -0.364. The Morgan fingerprint density at radius 2 is 2.25 bits per heavy atom. The second-order valence-corrected chi connectivity index (χ2v) is 5.59. The third-order valence-corrected chi connectivity index (χ3v) is 4.10. The zero-order valence-electron chi connectivity index (χ0n) is 11.7. The fourth-order valence-corrected chi connectivity index (χ4v) is 3.01. The number of hydrogen-bond acceptors (Lipinski definition) is 2. The first-order valence-corrected chi connectivity index (χ1v) is 7.17. The molecule has 1 amide bonds. The minimum absolute atomic E-state index is 0.108. The Labute approximate surface area is 118 Å². The van der Waals surface area contributed by atoms with Crippen molar-refractivity contribution in [3.8, 4) is 0 Å². The summed E-state index contributed by atoms with van der Waals surface area (Å²) in [7, 11) is 0. The smallest absolute Gasteiger partial charge is 0.227 e. The highest BCUT2D eigenvalue weighted by Gasteiger charge is 2.23. The maximum absolute atomic E-state index is 12.4. The maximum Gasteiger partial charge on any atom is 0.227 e. The summed E-state index contributed by atoms with van der Waals surface area (Å²) >= 11 is 0. The van der Waals surface area contributed by atoms with Crippen molar-refractivity contribution < 1.29 is 9.90 Å². The van der Waals surface area contributed by atoms with E-state index in [1.54, 1.807) is 4.90 Å². The molecule has 1 aliphatic heterocycles. The molecule has 3 rings (SSSR count). The Kier molecular flexibility index (Phi) is 3.49. The molecule has 2 aromatic rings. The predicted molar refractivity (Wildman–Crippen MR) is 78.6 cm³/mol. The van der Waals surface area contributed by atoms with Crippen molar-refractivity contribution in [1.29, 1.82) is 0 Å². The molecule has 4 nitrogen and oxygen atoms in total. The van der Waals surface area contributed by atoms with E-state index in [1.807, 2.05) is 31.2 Å². The lowest BCUT2D eigenvalue weighted by atomic mass is 10.0. The van der Waals surface area contributed by atoms with Crippen LogP contribution in [-0.2, 0) is 11.2 Å². The number of likely N-dealkylation sites (tertiary alicyclic amines) is 1. The van der Waals surface area contributed by atoms with Gasteiger partial charge in [0.1, 0.15) is 0 Å². The van der Waals surface area contributed by atoms with E-state index in [-0.39, 0.29) is 12.0 Å². The quantitative estimate of drug-likeness (QED) is 0.878. The summed E-state index contributed by atoms with van der Waals surface area (Å²) in [6, 6.07) is 8.06. The molecule has 1 saturated heterocycles. The summed E-state index contributed by atoms with van der Waals surface area (Å²) in [6.45, 7) is 3.24. The van der Waals surface area contributed by atoms with Gasteiger partial charge in [-0.3, -0.25) is 4.79 Å². The Hall–Kier alpha value is -1.81. The number of aliphatic hydroxyl groups excluding tert-OH is 1. The lowest BCUT2D eigenvalue weighted by Gasteiger charge is -2.30. The number of aryl methyl sites for hydroxylation is 1. The Morgan fingerprint density at radius 3 is 3.05 bits per heavy atom. The normalized spacial score (nSPS) is 19.5. The first-order chi connectivity index (χ1) is 9.65. The minimum Gasteiger partial charge on any atom is -0.391 e. The molecule has 0 radical (unpaired) electrons. The van der Waals surface area contributed by atoms with E-state index in [0.717, 1.165) is 41.5 Å². The number of H-pyrrole nitrogens is 1. The Balaban J connectivity index is 1.82. The largest absolute Gasteiger partial charge is 0.391 e. The number of amides is 1. The molecule has 1 atom stereocenters. The number of hydrogen-bond donors (Lipinski definition) is 2. The molecule has 4 heteroatoms. The fraction of sp³-hybridized carbons (Fsp3) is 0.438. The number of β-amino-alcohol motifs (C(OH)–C–C–N with tert-alkyl or cyclic N) is 1. The van der Waals surface area contributed by atoms with Crippen LogP contribution in [0.25, 0.3) is 10.9 Å². The molecule has 0 aliphatic carbocycles. The molecular formula is C16H20N2O2. The summed E-state index contributed by atoms with van der Waals surface area (Å²) in [5.41, 5.74) is 3.20. The summed E-state index contributed by atoms with van der Waals surface area (Å²) in [5, 5.41) is 10.8. The van der Waals surface area contributed by atoms with Crippen molar-refractivity contribution >= 4 is 16.8 Å². The van der Waals surface area contributed by atoms with E-state index < -0.39 is 0 Å². The molecule has 106 valence electrons. The van der Waals surface area contributed by atoms with Gasteiger partial charge in [0, 0.05) is 29.7 Å². The van der Waals surface area contributed by atoms with Crippen molar-refractivity contribution in [2.75, 3.05) is 13.1 Å². The van der Waals surface area contributed by atoms with Gasteiger partial charge in [-0.25, -0.2) is 0 Å². The number of aromatic nitrogens is 1. The van der Waals surface area contributed by atoms with Gasteiger partial charge in [-0.1, -0.05) is 18.2 Å². The van der Waals surface area contributed by atoms with Gasteiger partial charge >= 0.3 is 0 Å². The van der Waals surface area contributed by atoms with Gasteiger partial charge in [0.15, 0.2) is 0 Å². The first kappa shape index (κ1) is 13.2. The highest BCUT2D eigenvalue weighted by Crippen LogP contribution is 2.23. The second-order valence-electron chi connectivity index (χ2n) is 5.59. The molecule has 0 spiro atoms. The molecule has 1 aromatic heterocycles. The van der Waals surface area contributed by atoms with Gasteiger partial charge in [0.2, 0.25) is 5.91 Å². The van der Waals surface area contributed by atoms with Crippen molar-refractivity contribution in [2.24, 2.45) is 0 Å². The third kappa shape index (κ3) is 2.43. The van der Waals surface area contributed by atoms with Gasteiger partial charge < -0.3 is 15.0 Å². The summed E-state index contributed by atoms with van der Waals surface area (Å²) < 4.78 is 0. The molecular weight excluding hydrogens is 252 g/mol. The van der Waals surface area contributed by atoms with E-state index >= 15 is 0 Å². The van der Waals surface area contributed by atoms with Gasteiger partial charge in [0.25, 0.3) is 0 Å². The number of rotatable bonds is 2. The van der Waals surface area contributed by atoms with Crippen LogP contribution in [0.2, 0.25) is 0 Å². The number of aliphatic hydroxyl groups is 1. The predicted octanol–water partition coefficient (Wildman–Crippen LogP) is 2.00. The van der Waals surface area contributed by atoms with Gasteiger partial charge in [-0.15, -0.1) is 0 Å². The number of nitrogens with zero attached hydrogens (tertiary/aromatic N) is 1. The molecule has 2 heterocycles. The topological polar surface area (TPSA) is 56.3 Å². The number of benzene rings is 1. The SMILES string of the molecule is Cc1[nH]c2ccccc2c1CC(=O)N1CCC[C@@H](O)C1. The molecule has 0 bridgehead atoms. The van der Waals surface area contributed by atoms with Crippen LogP contribution in [-0.4, -0.2) is 40.1 Å². The van der Waals surface area contributed by atoms with Crippen LogP contribution in [0, 0.1) is 6.92 Å². The van der Waals surface area contributed by atoms with Crippen molar-refractivity contribution in [2.45, 2.75) is 32.3 Å². The second kappa shape index (κ2) is 5.29. The van der Waals surface area contributed by atoms with Gasteiger partial charge in [0.05, 0.1) is 12.5 Å². The maximum atomic E-state index is 12.4. The number of fused-ring (bicyclic) bond motifs is 1. The lowest BCUT2D eigenvalue weighted by Crippen LogP contribution is -2.42. The Bertz CT molecular complexity index is 632. The molecule has 1 fully saturated rings. The zero-order valence-corrected chi connectivity index (χ0v) is 11.7. The molecule has 20 heavy (non-hydrogen) atoms. The highest BCUT2D eigenvalue weighted by atomic mass is 16.3. The average Bonchev–Trinajstić information content (AvgIpc) is 2.75. The van der Waals surface area contributed by atoms with E-state index in [0.29, 0.717) is 13.0 Å². The fourth-order valence-electron chi connectivity index (χ4n) is 3.01. The summed E-state index contributed by atoms with van der Waals surface area (Å²) in [6.07, 6.45) is 1.73. The van der Waals surface area contributed by atoms with Gasteiger partial charge in [-0.05, 0) is 31.4 Å². The van der Waals surface area contributed by atoms with Crippen LogP contribution in [0.4, 0.5) is 0 Å². The lowest BCUT2D eigenvalue weighted by molar-refractivity contribution is -0.133. The molecule has 0 unspecified atom stereocenters. The number of aromatic amines is 1. The number of para-hydroxylation sites is 1. The number of carbonyl (C=O) groups is 1. The van der Waals surface area contributed by atoms with Gasteiger partial charge in [-0.2, -0.15) is 0 Å². The molecule has 0 saturated carbocycles. The van der Waals surface area contributed by atoms with Crippen LogP contribution in [0.1, 0.15) is 24.1 Å². The van der Waals surface area contributed by atoms with Crippen molar-refractivity contribution in [3.05, 3.63) is 35.5 Å². The molecule has 1 aliphatic rings. The first-order valence-electron chi connectivity index (χ1n) is 7.17. The van der Waals surface area contributed by atoms with Crippen LogP contribution >= 0.6 is 0 Å². The van der Waals surface area contributed by atoms with Crippen LogP contribution in [0.5, 0.6) is 0 Å². The molecule has 1 aromatic carbocycles. The summed E-state index contributed by atoms with van der Waals surface area (Å²) in [5.74, 6) is 0.108. The monoisotopic (exact) mass is 272 g/mol. The van der Waals surface area contributed by atoms with E-state index in [4.69, 9.17) is 0 Å². The average molecular weight is 272 g/mol. The van der Waals surface area contributed by atoms with Crippen molar-refractivity contribution in [1.82, 2.24) is 9.88 Å². The van der Waals surface area contributed by atoms with Crippen LogP contribution < -0.4 is 0 Å². The van der Waals surface area contributed by atoms with E-state index in [9.17, 15) is 9.90 Å². The van der Waals surface area contributed by atoms with Crippen LogP contribution in [0.15, 0.2) is 24.3 Å². The Morgan fingerprint density at radius 1 is 1.45 bits per heavy atom. The number of piperidine rings is 1. The zero-order chi connectivity index (χ0) is 14.1. The summed E-state index contributed by atoms with van der Waals surface area (Å²) in [4.78, 5) is 17.5. The van der Waals surface area contributed by atoms with Crippen molar-refractivity contribution in [3.63, 3.8) is 0 Å². The standard InChI is InChI=1S/C16H20N2O2/c1-11-14(13-6-2-3-7-15(13)17-11)9-16(20)18-8-4-5-12(19)10-18/h2-3,6-7,12,17,19H,4-5,8-10H2,1H3/t12-/m1/s1. The van der Waals surface area contributed by atoms with Crippen LogP contribution in [0.3, 0.4) is 0 Å². The number of nitrogens with one attached hydrogen (secondary N) is 1.